The van der Waals surface area contributed by atoms with Crippen LogP contribution in [-0.2, 0) is 9.59 Å². The summed E-state index contributed by atoms with van der Waals surface area (Å²) < 4.78 is 0. The maximum Gasteiger partial charge on any atom is 0.224 e. The van der Waals surface area contributed by atoms with Crippen molar-refractivity contribution in [3.05, 3.63) is 30.3 Å². The molecule has 24 heavy (non-hydrogen) atoms. The number of para-hydroxylation sites is 1. The second-order valence-corrected chi connectivity index (χ2v) is 6.43. The molecule has 2 heterocycles. The van der Waals surface area contributed by atoms with Crippen molar-refractivity contribution in [1.29, 1.82) is 0 Å². The van der Waals surface area contributed by atoms with Gasteiger partial charge in [-0.15, -0.1) is 0 Å². The zero-order valence-corrected chi connectivity index (χ0v) is 14.0. The fourth-order valence-electron chi connectivity index (χ4n) is 3.33. The van der Waals surface area contributed by atoms with Gasteiger partial charge < -0.3 is 20.4 Å². The first-order chi connectivity index (χ1) is 11.7. The number of rotatable bonds is 5. The molecule has 2 aliphatic rings. The predicted molar refractivity (Wildman–Crippen MR) is 93.8 cm³/mol. The van der Waals surface area contributed by atoms with Crippen LogP contribution in [0.5, 0.6) is 0 Å². The molecule has 2 fully saturated rings. The third-order valence-corrected chi connectivity index (χ3v) is 4.82. The molecule has 6 nitrogen and oxygen atoms in total. The van der Waals surface area contributed by atoms with E-state index in [9.17, 15) is 9.59 Å². The van der Waals surface area contributed by atoms with Crippen molar-refractivity contribution >= 4 is 17.5 Å². The Kier molecular flexibility index (Phi) is 5.69. The lowest BCUT2D eigenvalue weighted by molar-refractivity contribution is -0.131. The molecule has 0 aliphatic carbocycles. The van der Waals surface area contributed by atoms with E-state index in [1.165, 1.54) is 5.69 Å². The third-order valence-electron chi connectivity index (χ3n) is 4.82. The molecule has 1 atom stereocenters. The van der Waals surface area contributed by atoms with Crippen LogP contribution in [0, 0.1) is 5.92 Å². The SMILES string of the molecule is O=C(NCCC(=O)N1CCN(c2ccccc2)CC1)C1CCNC1. The van der Waals surface area contributed by atoms with Crippen molar-refractivity contribution in [3.63, 3.8) is 0 Å². The second kappa shape index (κ2) is 8.15. The predicted octanol–water partition coefficient (Wildman–Crippen LogP) is 0.451. The Bertz CT molecular complexity index is 549. The molecule has 0 radical (unpaired) electrons. The average Bonchev–Trinajstić information content (AvgIpc) is 3.17. The highest BCUT2D eigenvalue weighted by atomic mass is 16.2. The van der Waals surface area contributed by atoms with Crippen LogP contribution in [0.3, 0.4) is 0 Å². The molecule has 0 spiro atoms. The van der Waals surface area contributed by atoms with Crippen molar-refractivity contribution in [2.75, 3.05) is 50.7 Å². The number of hydrogen-bond acceptors (Lipinski definition) is 4. The van der Waals surface area contributed by atoms with Crippen LogP contribution in [0.4, 0.5) is 5.69 Å². The smallest absolute Gasteiger partial charge is 0.224 e. The van der Waals surface area contributed by atoms with Gasteiger partial charge in [-0.2, -0.15) is 0 Å². The van der Waals surface area contributed by atoms with Gasteiger partial charge in [0.05, 0.1) is 5.92 Å². The Balaban J connectivity index is 1.37. The summed E-state index contributed by atoms with van der Waals surface area (Å²) in [4.78, 5) is 28.4. The summed E-state index contributed by atoms with van der Waals surface area (Å²) >= 11 is 0. The van der Waals surface area contributed by atoms with E-state index in [0.717, 1.165) is 45.7 Å². The fourth-order valence-corrected chi connectivity index (χ4v) is 3.33. The number of carbonyl (C=O) groups excluding carboxylic acids is 2. The van der Waals surface area contributed by atoms with Crippen LogP contribution in [0.25, 0.3) is 0 Å². The van der Waals surface area contributed by atoms with Crippen molar-refractivity contribution in [1.82, 2.24) is 15.5 Å². The molecule has 1 unspecified atom stereocenters. The Labute approximate surface area is 143 Å². The summed E-state index contributed by atoms with van der Waals surface area (Å²) in [5.41, 5.74) is 1.21. The van der Waals surface area contributed by atoms with Gasteiger partial charge in [0.25, 0.3) is 0 Å². The first kappa shape index (κ1) is 16.8. The van der Waals surface area contributed by atoms with E-state index >= 15 is 0 Å². The summed E-state index contributed by atoms with van der Waals surface area (Å²) in [6, 6.07) is 10.3. The van der Waals surface area contributed by atoms with Gasteiger partial charge in [0.1, 0.15) is 0 Å². The van der Waals surface area contributed by atoms with Gasteiger partial charge in [0.2, 0.25) is 11.8 Å². The van der Waals surface area contributed by atoms with Gasteiger partial charge in [0.15, 0.2) is 0 Å². The molecule has 0 saturated carbocycles. The molecule has 2 aliphatic heterocycles. The molecular formula is C18H26N4O2. The van der Waals surface area contributed by atoms with Crippen LogP contribution in [0.2, 0.25) is 0 Å². The first-order valence-electron chi connectivity index (χ1n) is 8.80. The van der Waals surface area contributed by atoms with E-state index in [4.69, 9.17) is 0 Å². The highest BCUT2D eigenvalue weighted by molar-refractivity contribution is 5.81. The van der Waals surface area contributed by atoms with E-state index in [-0.39, 0.29) is 17.7 Å². The van der Waals surface area contributed by atoms with Gasteiger partial charge in [-0.25, -0.2) is 0 Å². The number of nitrogens with one attached hydrogen (secondary N) is 2. The molecule has 6 heteroatoms. The van der Waals surface area contributed by atoms with E-state index in [2.05, 4.69) is 27.7 Å². The lowest BCUT2D eigenvalue weighted by atomic mass is 10.1. The number of carbonyl (C=O) groups is 2. The monoisotopic (exact) mass is 330 g/mol. The van der Waals surface area contributed by atoms with Gasteiger partial charge in [-0.3, -0.25) is 9.59 Å². The normalized spacial score (nSPS) is 20.9. The zero-order valence-electron chi connectivity index (χ0n) is 14.0. The van der Waals surface area contributed by atoms with Crippen LogP contribution in [-0.4, -0.2) is 62.5 Å². The van der Waals surface area contributed by atoms with E-state index in [0.29, 0.717) is 13.0 Å². The number of benzene rings is 1. The minimum atomic E-state index is 0.0644. The zero-order chi connectivity index (χ0) is 16.8. The van der Waals surface area contributed by atoms with Gasteiger partial charge in [-0.1, -0.05) is 18.2 Å². The number of amides is 2. The molecule has 2 N–H and O–H groups in total. The molecule has 1 aromatic rings. The summed E-state index contributed by atoms with van der Waals surface area (Å²) in [6.45, 7) is 5.30. The van der Waals surface area contributed by atoms with Crippen molar-refractivity contribution < 1.29 is 9.59 Å². The fraction of sp³-hybridized carbons (Fsp3) is 0.556. The topological polar surface area (TPSA) is 64.7 Å². The second-order valence-electron chi connectivity index (χ2n) is 6.43. The molecule has 0 aromatic heterocycles. The lowest BCUT2D eigenvalue weighted by Crippen LogP contribution is -2.49. The van der Waals surface area contributed by atoms with Crippen molar-refractivity contribution in [2.24, 2.45) is 5.92 Å². The largest absolute Gasteiger partial charge is 0.368 e. The van der Waals surface area contributed by atoms with E-state index in [1.807, 2.05) is 23.1 Å². The third kappa shape index (κ3) is 4.26. The lowest BCUT2D eigenvalue weighted by Gasteiger charge is -2.36. The Morgan fingerprint density at radius 2 is 1.88 bits per heavy atom. The van der Waals surface area contributed by atoms with Gasteiger partial charge >= 0.3 is 0 Å². The highest BCUT2D eigenvalue weighted by Gasteiger charge is 2.23. The Morgan fingerprint density at radius 3 is 2.54 bits per heavy atom. The maximum absolute atomic E-state index is 12.3. The quantitative estimate of drug-likeness (QED) is 0.823. The molecule has 1 aromatic carbocycles. The summed E-state index contributed by atoms with van der Waals surface area (Å²) in [5.74, 6) is 0.267. The molecule has 0 bridgehead atoms. The van der Waals surface area contributed by atoms with Crippen LogP contribution >= 0.6 is 0 Å². The summed E-state index contributed by atoms with van der Waals surface area (Å²) in [7, 11) is 0. The molecule has 2 saturated heterocycles. The van der Waals surface area contributed by atoms with E-state index in [1.54, 1.807) is 0 Å². The van der Waals surface area contributed by atoms with Crippen molar-refractivity contribution in [3.8, 4) is 0 Å². The molecule has 130 valence electrons. The Morgan fingerprint density at radius 1 is 1.12 bits per heavy atom. The minimum absolute atomic E-state index is 0.0644. The molecule has 2 amide bonds. The number of piperazine rings is 1. The Hall–Kier alpha value is -2.08. The van der Waals surface area contributed by atoms with Crippen LogP contribution in [0.1, 0.15) is 12.8 Å². The van der Waals surface area contributed by atoms with Crippen LogP contribution < -0.4 is 15.5 Å². The number of hydrogen-bond donors (Lipinski definition) is 2. The summed E-state index contributed by atoms with van der Waals surface area (Å²) in [5, 5.41) is 6.07. The maximum atomic E-state index is 12.3. The number of nitrogens with zero attached hydrogens (tertiary/aromatic N) is 2. The molecular weight excluding hydrogens is 304 g/mol. The summed E-state index contributed by atoms with van der Waals surface area (Å²) in [6.07, 6.45) is 1.28. The van der Waals surface area contributed by atoms with Crippen molar-refractivity contribution in [2.45, 2.75) is 12.8 Å². The number of anilines is 1. The highest BCUT2D eigenvalue weighted by Crippen LogP contribution is 2.15. The standard InChI is InChI=1S/C18H26N4O2/c23-17(7-9-20-18(24)15-6-8-19-14-15)22-12-10-21(11-13-22)16-4-2-1-3-5-16/h1-5,15,19H,6-14H2,(H,20,24). The van der Waals surface area contributed by atoms with Crippen LogP contribution in [0.15, 0.2) is 30.3 Å². The first-order valence-corrected chi connectivity index (χ1v) is 8.80. The van der Waals surface area contributed by atoms with E-state index < -0.39 is 0 Å². The van der Waals surface area contributed by atoms with Gasteiger partial charge in [-0.05, 0) is 25.1 Å². The molecule has 3 rings (SSSR count). The van der Waals surface area contributed by atoms with Gasteiger partial charge in [0, 0.05) is 51.4 Å². The average molecular weight is 330 g/mol. The minimum Gasteiger partial charge on any atom is -0.368 e.